The summed E-state index contributed by atoms with van der Waals surface area (Å²) >= 11 is 2.33. The lowest BCUT2D eigenvalue weighted by Crippen LogP contribution is -2.36. The van der Waals surface area contributed by atoms with Crippen LogP contribution in [0.4, 0.5) is 0 Å². The molecule has 2 heterocycles. The van der Waals surface area contributed by atoms with Gasteiger partial charge in [0, 0.05) is 34.6 Å². The molecule has 0 spiro atoms. The largest absolute Gasteiger partial charge is 0.489 e. The van der Waals surface area contributed by atoms with E-state index in [0.29, 0.717) is 6.54 Å². The summed E-state index contributed by atoms with van der Waals surface area (Å²) in [6.45, 7) is 1.24. The van der Waals surface area contributed by atoms with Crippen LogP contribution in [0.2, 0.25) is 0 Å². The van der Waals surface area contributed by atoms with Crippen LogP contribution in [0.3, 0.4) is 0 Å². The van der Waals surface area contributed by atoms with Gasteiger partial charge in [-0.1, -0.05) is 6.07 Å². The van der Waals surface area contributed by atoms with Crippen LogP contribution in [0.1, 0.15) is 23.7 Å². The second-order valence-electron chi connectivity index (χ2n) is 5.49. The Bertz CT molecular complexity index is 621. The monoisotopic (exact) mass is 410 g/mol. The molecule has 5 heteroatoms. The van der Waals surface area contributed by atoms with Crippen LogP contribution < -0.4 is 10.1 Å². The molecule has 116 valence electrons. The van der Waals surface area contributed by atoms with Gasteiger partial charge in [0.2, 0.25) is 0 Å². The fourth-order valence-electron chi connectivity index (χ4n) is 2.63. The van der Waals surface area contributed by atoms with Gasteiger partial charge in [0.1, 0.15) is 11.9 Å². The highest BCUT2D eigenvalue weighted by Gasteiger charge is 2.20. The van der Waals surface area contributed by atoms with E-state index in [0.717, 1.165) is 30.7 Å². The van der Waals surface area contributed by atoms with E-state index >= 15 is 0 Å². The number of hydrogen-bond acceptors (Lipinski definition) is 4. The molecule has 0 unspecified atom stereocenters. The molecule has 0 fully saturated rings. The summed E-state index contributed by atoms with van der Waals surface area (Å²) in [5.41, 5.74) is 2.12. The Kier molecular flexibility index (Phi) is 5.28. The minimum absolute atomic E-state index is 0.161. The highest BCUT2D eigenvalue weighted by atomic mass is 127. The molecule has 0 aliphatic carbocycles. The standard InChI is InChI=1S/C17H19IN2O2/c18-14-4-6-17-12(8-14)3-5-15(22-17)10-20-11-16(21)13-2-1-7-19-9-13/h1-2,4,6-9,15-16,20-21H,3,5,10-11H2/t15-,16-/m0/s1. The Morgan fingerprint density at radius 1 is 1.41 bits per heavy atom. The normalized spacial score (nSPS) is 18.4. The summed E-state index contributed by atoms with van der Waals surface area (Å²) in [6, 6.07) is 10.0. The molecule has 2 atom stereocenters. The quantitative estimate of drug-likeness (QED) is 0.745. The molecular weight excluding hydrogens is 391 g/mol. The lowest BCUT2D eigenvalue weighted by Gasteiger charge is -2.27. The molecule has 1 aromatic heterocycles. The molecule has 1 aliphatic heterocycles. The third kappa shape index (κ3) is 3.97. The number of pyridine rings is 1. The number of aromatic nitrogens is 1. The SMILES string of the molecule is O[C@@H](CNC[C@@H]1CCc2cc(I)ccc2O1)c1cccnc1. The lowest BCUT2D eigenvalue weighted by molar-refractivity contribution is 0.146. The molecular formula is C17H19IN2O2. The van der Waals surface area contributed by atoms with Crippen LogP contribution in [0.25, 0.3) is 0 Å². The average molecular weight is 410 g/mol. The number of hydrogen-bond donors (Lipinski definition) is 2. The second kappa shape index (κ2) is 7.39. The van der Waals surface area contributed by atoms with Crippen molar-refractivity contribution in [1.82, 2.24) is 10.3 Å². The van der Waals surface area contributed by atoms with Crippen molar-refractivity contribution < 1.29 is 9.84 Å². The average Bonchev–Trinajstić information content (AvgIpc) is 2.55. The van der Waals surface area contributed by atoms with Crippen LogP contribution in [0, 0.1) is 3.57 Å². The van der Waals surface area contributed by atoms with Crippen molar-refractivity contribution in [2.24, 2.45) is 0 Å². The maximum Gasteiger partial charge on any atom is 0.123 e. The second-order valence-corrected chi connectivity index (χ2v) is 6.74. The Hall–Kier alpha value is -1.18. The van der Waals surface area contributed by atoms with Gasteiger partial charge < -0.3 is 15.2 Å². The third-order valence-electron chi connectivity index (χ3n) is 3.83. The van der Waals surface area contributed by atoms with Crippen molar-refractivity contribution in [1.29, 1.82) is 0 Å². The number of nitrogens with one attached hydrogen (secondary N) is 1. The predicted octanol–water partition coefficient (Wildman–Crippen LogP) is 2.70. The van der Waals surface area contributed by atoms with E-state index in [1.54, 1.807) is 12.4 Å². The van der Waals surface area contributed by atoms with E-state index in [9.17, 15) is 5.11 Å². The molecule has 0 bridgehead atoms. The van der Waals surface area contributed by atoms with Crippen molar-refractivity contribution in [3.05, 3.63) is 57.4 Å². The summed E-state index contributed by atoms with van der Waals surface area (Å²) in [5.74, 6) is 0.992. The number of benzene rings is 1. The third-order valence-corrected chi connectivity index (χ3v) is 4.50. The number of fused-ring (bicyclic) bond motifs is 1. The van der Waals surface area contributed by atoms with E-state index in [1.165, 1.54) is 9.13 Å². The number of aryl methyl sites for hydroxylation is 1. The fraction of sp³-hybridized carbons (Fsp3) is 0.353. The first-order valence-corrected chi connectivity index (χ1v) is 8.54. The zero-order valence-electron chi connectivity index (χ0n) is 12.2. The zero-order chi connectivity index (χ0) is 15.4. The summed E-state index contributed by atoms with van der Waals surface area (Å²) in [6.07, 6.45) is 5.08. The number of aliphatic hydroxyl groups excluding tert-OH is 1. The molecule has 4 nitrogen and oxygen atoms in total. The molecule has 2 aromatic rings. The van der Waals surface area contributed by atoms with E-state index in [-0.39, 0.29) is 6.10 Å². The van der Waals surface area contributed by atoms with Crippen molar-refractivity contribution in [2.75, 3.05) is 13.1 Å². The maximum absolute atomic E-state index is 10.1. The number of ether oxygens (including phenoxy) is 1. The van der Waals surface area contributed by atoms with E-state index in [4.69, 9.17) is 4.74 Å². The molecule has 0 saturated heterocycles. The van der Waals surface area contributed by atoms with Crippen LogP contribution >= 0.6 is 22.6 Å². The van der Waals surface area contributed by atoms with Gasteiger partial charge in [-0.3, -0.25) is 4.98 Å². The van der Waals surface area contributed by atoms with Crippen molar-refractivity contribution in [3.63, 3.8) is 0 Å². The fourth-order valence-corrected chi connectivity index (χ4v) is 3.18. The molecule has 0 amide bonds. The summed E-state index contributed by atoms with van der Waals surface area (Å²) in [7, 11) is 0. The van der Waals surface area contributed by atoms with Gasteiger partial charge in [0.15, 0.2) is 0 Å². The molecule has 22 heavy (non-hydrogen) atoms. The van der Waals surface area contributed by atoms with Crippen molar-refractivity contribution >= 4 is 22.6 Å². The van der Waals surface area contributed by atoms with Gasteiger partial charge in [-0.15, -0.1) is 0 Å². The Balaban J connectivity index is 1.48. The predicted molar refractivity (Wildman–Crippen MR) is 94.0 cm³/mol. The van der Waals surface area contributed by atoms with Gasteiger partial charge in [-0.2, -0.15) is 0 Å². The van der Waals surface area contributed by atoms with Crippen LogP contribution in [-0.2, 0) is 6.42 Å². The molecule has 0 saturated carbocycles. The number of rotatable bonds is 5. The number of aliphatic hydroxyl groups is 1. The Labute approximate surface area is 144 Å². The summed E-state index contributed by atoms with van der Waals surface area (Å²) in [4.78, 5) is 4.02. The smallest absolute Gasteiger partial charge is 0.123 e. The van der Waals surface area contributed by atoms with Crippen molar-refractivity contribution in [3.8, 4) is 5.75 Å². The van der Waals surface area contributed by atoms with Gasteiger partial charge in [0.05, 0.1) is 6.10 Å². The molecule has 0 radical (unpaired) electrons. The Morgan fingerprint density at radius 3 is 3.14 bits per heavy atom. The topological polar surface area (TPSA) is 54.4 Å². The first-order chi connectivity index (χ1) is 10.7. The first-order valence-electron chi connectivity index (χ1n) is 7.46. The van der Waals surface area contributed by atoms with E-state index in [2.05, 4.69) is 45.0 Å². The Morgan fingerprint density at radius 2 is 2.32 bits per heavy atom. The number of halogens is 1. The van der Waals surface area contributed by atoms with Crippen LogP contribution in [0.5, 0.6) is 5.75 Å². The molecule has 3 rings (SSSR count). The minimum Gasteiger partial charge on any atom is -0.489 e. The lowest BCUT2D eigenvalue weighted by atomic mass is 10.0. The van der Waals surface area contributed by atoms with Crippen LogP contribution in [0.15, 0.2) is 42.7 Å². The molecule has 1 aromatic carbocycles. The van der Waals surface area contributed by atoms with E-state index < -0.39 is 6.10 Å². The highest BCUT2D eigenvalue weighted by molar-refractivity contribution is 14.1. The first kappa shape index (κ1) is 15.7. The summed E-state index contributed by atoms with van der Waals surface area (Å²) in [5, 5.41) is 13.4. The van der Waals surface area contributed by atoms with E-state index in [1.807, 2.05) is 18.2 Å². The van der Waals surface area contributed by atoms with Crippen molar-refractivity contribution in [2.45, 2.75) is 25.0 Å². The van der Waals surface area contributed by atoms with Gasteiger partial charge in [-0.25, -0.2) is 0 Å². The minimum atomic E-state index is -0.536. The summed E-state index contributed by atoms with van der Waals surface area (Å²) < 4.78 is 7.26. The van der Waals surface area contributed by atoms with Gasteiger partial charge in [-0.05, 0) is 65.3 Å². The van der Waals surface area contributed by atoms with Gasteiger partial charge >= 0.3 is 0 Å². The molecule has 2 N–H and O–H groups in total. The molecule has 1 aliphatic rings. The van der Waals surface area contributed by atoms with Gasteiger partial charge in [0.25, 0.3) is 0 Å². The highest BCUT2D eigenvalue weighted by Crippen LogP contribution is 2.28. The van der Waals surface area contributed by atoms with Crippen LogP contribution in [-0.4, -0.2) is 29.3 Å². The number of nitrogens with zero attached hydrogens (tertiary/aromatic N) is 1. The maximum atomic E-state index is 10.1. The zero-order valence-corrected chi connectivity index (χ0v) is 14.4.